The molecule has 5 nitrogen and oxygen atoms in total. The van der Waals surface area contributed by atoms with Crippen molar-refractivity contribution in [3.63, 3.8) is 0 Å². The zero-order valence-electron chi connectivity index (χ0n) is 8.51. The van der Waals surface area contributed by atoms with Crippen molar-refractivity contribution in [2.75, 3.05) is 20.1 Å². The van der Waals surface area contributed by atoms with Crippen LogP contribution in [-0.2, 0) is 0 Å². The van der Waals surface area contributed by atoms with Crippen LogP contribution in [0.4, 0.5) is 0 Å². The zero-order chi connectivity index (χ0) is 10.8. The highest BCUT2D eigenvalue weighted by Crippen LogP contribution is 2.21. The number of hydrogen-bond donors (Lipinski definition) is 1. The van der Waals surface area contributed by atoms with E-state index in [1.807, 2.05) is 19.3 Å². The first kappa shape index (κ1) is 9.92. The van der Waals surface area contributed by atoms with Crippen LogP contribution in [0.1, 0.15) is 0 Å². The van der Waals surface area contributed by atoms with Crippen LogP contribution in [0.3, 0.4) is 0 Å². The number of nitrogens with zero attached hydrogens (tertiary/aromatic N) is 2. The number of nitro groups is 1. The first-order valence-corrected chi connectivity index (χ1v) is 4.86. The molecule has 0 aromatic carbocycles. The molecule has 15 heavy (non-hydrogen) atoms. The third kappa shape index (κ3) is 1.92. The number of fused-ring (bicyclic) bond motifs is 1. The molecule has 80 valence electrons. The molecule has 0 bridgehead atoms. The maximum absolute atomic E-state index is 10.6. The molecule has 0 amide bonds. The van der Waals surface area contributed by atoms with Gasteiger partial charge in [-0.2, -0.15) is 0 Å². The molecule has 0 fully saturated rings. The number of hydrogen-bond acceptors (Lipinski definition) is 4. The Morgan fingerprint density at radius 3 is 3.20 bits per heavy atom. The lowest BCUT2D eigenvalue weighted by Crippen LogP contribution is -2.33. The number of nitrogens with one attached hydrogen (secondary N) is 1. The second-order valence-corrected chi connectivity index (χ2v) is 3.71. The second kappa shape index (κ2) is 3.86. The van der Waals surface area contributed by atoms with Crippen LogP contribution in [-0.4, -0.2) is 36.0 Å². The van der Waals surface area contributed by atoms with Crippen molar-refractivity contribution in [3.8, 4) is 0 Å². The SMILES string of the molecule is CN1CCNC=C2C=C([N+](=O)[O-])C=CC21. The van der Waals surface area contributed by atoms with Gasteiger partial charge in [0, 0.05) is 31.4 Å². The topological polar surface area (TPSA) is 58.4 Å². The third-order valence-electron chi connectivity index (χ3n) is 2.67. The fourth-order valence-electron chi connectivity index (χ4n) is 1.82. The van der Waals surface area contributed by atoms with E-state index in [0.29, 0.717) is 0 Å². The summed E-state index contributed by atoms with van der Waals surface area (Å²) >= 11 is 0. The van der Waals surface area contributed by atoms with Crippen LogP contribution in [0, 0.1) is 10.1 Å². The number of allylic oxidation sites excluding steroid dienone is 1. The Kier molecular flexibility index (Phi) is 2.55. The summed E-state index contributed by atoms with van der Waals surface area (Å²) in [5.41, 5.74) is 1.10. The monoisotopic (exact) mass is 207 g/mol. The quantitative estimate of drug-likeness (QED) is 0.502. The molecule has 1 heterocycles. The highest BCUT2D eigenvalue weighted by molar-refractivity contribution is 5.39. The Morgan fingerprint density at radius 1 is 1.67 bits per heavy atom. The molecule has 0 saturated heterocycles. The van der Waals surface area contributed by atoms with Gasteiger partial charge in [0.15, 0.2) is 0 Å². The molecule has 2 aliphatic rings. The molecule has 1 unspecified atom stereocenters. The predicted octanol–water partition coefficient (Wildman–Crippen LogP) is 0.504. The molecule has 2 rings (SSSR count). The smallest absolute Gasteiger partial charge is 0.269 e. The molecular weight excluding hydrogens is 194 g/mol. The van der Waals surface area contributed by atoms with Crippen molar-refractivity contribution >= 4 is 0 Å². The van der Waals surface area contributed by atoms with E-state index in [2.05, 4.69) is 10.2 Å². The third-order valence-corrected chi connectivity index (χ3v) is 2.67. The van der Waals surface area contributed by atoms with E-state index in [9.17, 15) is 10.1 Å². The maximum atomic E-state index is 10.6. The molecule has 5 heteroatoms. The minimum Gasteiger partial charge on any atom is -0.389 e. The summed E-state index contributed by atoms with van der Waals surface area (Å²) < 4.78 is 0. The highest BCUT2D eigenvalue weighted by Gasteiger charge is 2.23. The average molecular weight is 207 g/mol. The van der Waals surface area contributed by atoms with Gasteiger partial charge in [0.2, 0.25) is 0 Å². The normalized spacial score (nSPS) is 25.8. The van der Waals surface area contributed by atoms with E-state index in [0.717, 1.165) is 18.7 Å². The predicted molar refractivity (Wildman–Crippen MR) is 56.7 cm³/mol. The van der Waals surface area contributed by atoms with Crippen LogP contribution >= 0.6 is 0 Å². The van der Waals surface area contributed by atoms with Gasteiger partial charge in [0.05, 0.1) is 11.0 Å². The Hall–Kier alpha value is -1.62. The van der Waals surface area contributed by atoms with E-state index in [1.54, 1.807) is 12.2 Å². The lowest BCUT2D eigenvalue weighted by Gasteiger charge is -2.25. The van der Waals surface area contributed by atoms with E-state index in [-0.39, 0.29) is 16.7 Å². The van der Waals surface area contributed by atoms with Gasteiger partial charge in [0.1, 0.15) is 0 Å². The summed E-state index contributed by atoms with van der Waals surface area (Å²) in [7, 11) is 2.01. The van der Waals surface area contributed by atoms with Gasteiger partial charge < -0.3 is 5.32 Å². The van der Waals surface area contributed by atoms with Crippen molar-refractivity contribution in [2.45, 2.75) is 6.04 Å². The second-order valence-electron chi connectivity index (χ2n) is 3.71. The summed E-state index contributed by atoms with van der Waals surface area (Å²) in [6.07, 6.45) is 6.93. The van der Waals surface area contributed by atoms with Crippen LogP contribution in [0.15, 0.2) is 35.7 Å². The minimum atomic E-state index is -0.363. The zero-order valence-corrected chi connectivity index (χ0v) is 8.51. The summed E-state index contributed by atoms with van der Waals surface area (Å²) in [4.78, 5) is 12.4. The molecule has 0 aromatic heterocycles. The molecule has 1 aliphatic carbocycles. The van der Waals surface area contributed by atoms with Gasteiger partial charge in [-0.15, -0.1) is 0 Å². The molecule has 0 spiro atoms. The molecule has 0 radical (unpaired) electrons. The lowest BCUT2D eigenvalue weighted by atomic mass is 10.0. The molecular formula is C10H13N3O2. The first-order chi connectivity index (χ1) is 7.18. The number of likely N-dealkylation sites (N-methyl/N-ethyl adjacent to an activating group) is 1. The minimum absolute atomic E-state index is 0.148. The molecule has 0 aromatic rings. The van der Waals surface area contributed by atoms with E-state index in [1.165, 1.54) is 0 Å². The Labute approximate surface area is 87.9 Å². The van der Waals surface area contributed by atoms with Gasteiger partial charge in [-0.05, 0) is 12.6 Å². The molecule has 1 aliphatic heterocycles. The van der Waals surface area contributed by atoms with Gasteiger partial charge in [-0.25, -0.2) is 0 Å². The van der Waals surface area contributed by atoms with E-state index >= 15 is 0 Å². The molecule has 1 N–H and O–H groups in total. The van der Waals surface area contributed by atoms with E-state index < -0.39 is 0 Å². The summed E-state index contributed by atoms with van der Waals surface area (Å²) in [6, 6.07) is 0.156. The highest BCUT2D eigenvalue weighted by atomic mass is 16.6. The fraction of sp³-hybridized carbons (Fsp3) is 0.400. The average Bonchev–Trinajstić information content (AvgIpc) is 2.40. The molecule has 1 atom stereocenters. The first-order valence-electron chi connectivity index (χ1n) is 4.86. The van der Waals surface area contributed by atoms with Gasteiger partial charge in [-0.1, -0.05) is 6.08 Å². The lowest BCUT2D eigenvalue weighted by molar-refractivity contribution is -0.419. The van der Waals surface area contributed by atoms with Gasteiger partial charge >= 0.3 is 0 Å². The summed E-state index contributed by atoms with van der Waals surface area (Å²) in [6.45, 7) is 1.79. The Morgan fingerprint density at radius 2 is 2.47 bits per heavy atom. The molecule has 0 saturated carbocycles. The standard InChI is InChI=1S/C10H13N3O2/c1-12-5-4-11-7-8-6-9(13(14)15)2-3-10(8)12/h2-3,6-7,10-11H,4-5H2,1H3. The van der Waals surface area contributed by atoms with Crippen LogP contribution in [0.5, 0.6) is 0 Å². The fourth-order valence-corrected chi connectivity index (χ4v) is 1.82. The number of rotatable bonds is 1. The summed E-state index contributed by atoms with van der Waals surface area (Å²) in [5.74, 6) is 0. The van der Waals surface area contributed by atoms with Crippen LogP contribution in [0.2, 0.25) is 0 Å². The summed E-state index contributed by atoms with van der Waals surface area (Å²) in [5, 5.41) is 13.8. The van der Waals surface area contributed by atoms with Crippen LogP contribution < -0.4 is 5.32 Å². The van der Waals surface area contributed by atoms with Crippen molar-refractivity contribution in [1.29, 1.82) is 0 Å². The van der Waals surface area contributed by atoms with Crippen molar-refractivity contribution in [1.82, 2.24) is 10.2 Å². The van der Waals surface area contributed by atoms with Gasteiger partial charge in [-0.3, -0.25) is 15.0 Å². The van der Waals surface area contributed by atoms with Crippen molar-refractivity contribution in [3.05, 3.63) is 45.8 Å². The Balaban J connectivity index is 2.30. The largest absolute Gasteiger partial charge is 0.389 e. The van der Waals surface area contributed by atoms with Crippen molar-refractivity contribution in [2.24, 2.45) is 0 Å². The van der Waals surface area contributed by atoms with E-state index in [4.69, 9.17) is 0 Å². The van der Waals surface area contributed by atoms with Gasteiger partial charge in [0.25, 0.3) is 5.70 Å². The Bertz CT molecular complexity index is 371. The van der Waals surface area contributed by atoms with Crippen LogP contribution in [0.25, 0.3) is 0 Å². The van der Waals surface area contributed by atoms with Crippen molar-refractivity contribution < 1.29 is 4.92 Å². The maximum Gasteiger partial charge on any atom is 0.269 e.